The Kier molecular flexibility index (Phi) is 3.58. The number of rotatable bonds is 0. The molecule has 0 fully saturated rings. The van der Waals surface area contributed by atoms with Crippen LogP contribution in [-0.4, -0.2) is 11.6 Å². The molecule has 0 bridgehead atoms. The molecule has 66 valence electrons. The third-order valence-electron chi connectivity index (χ3n) is 1.71. The van der Waals surface area contributed by atoms with Gasteiger partial charge < -0.3 is 4.74 Å². The van der Waals surface area contributed by atoms with Crippen LogP contribution in [0.1, 0.15) is 25.8 Å². The minimum Gasteiger partial charge on any atom is -0.493 e. The molecule has 2 nitrogen and oxygen atoms in total. The van der Waals surface area contributed by atoms with E-state index in [-0.39, 0.29) is 0 Å². The van der Waals surface area contributed by atoms with Gasteiger partial charge in [-0.2, -0.15) is 0 Å². The van der Waals surface area contributed by atoms with E-state index < -0.39 is 0 Å². The zero-order chi connectivity index (χ0) is 8.81. The molecule has 0 saturated heterocycles. The molecule has 1 aliphatic heterocycles. The lowest BCUT2D eigenvalue weighted by Gasteiger charge is -2.15. The van der Waals surface area contributed by atoms with E-state index in [1.807, 2.05) is 26.1 Å². The Morgan fingerprint density at radius 1 is 1.42 bits per heavy atom. The lowest BCUT2D eigenvalue weighted by molar-refractivity contribution is 0.288. The van der Waals surface area contributed by atoms with Crippen molar-refractivity contribution >= 4 is 0 Å². The number of hydrogen-bond donors (Lipinski definition) is 0. The van der Waals surface area contributed by atoms with Crippen molar-refractivity contribution in [2.45, 2.75) is 26.7 Å². The second-order valence-electron chi connectivity index (χ2n) is 2.44. The van der Waals surface area contributed by atoms with Crippen molar-refractivity contribution < 1.29 is 4.74 Å². The van der Waals surface area contributed by atoms with E-state index in [1.54, 1.807) is 6.20 Å². The Morgan fingerprint density at radius 3 is 3.00 bits per heavy atom. The van der Waals surface area contributed by atoms with Crippen LogP contribution in [0.3, 0.4) is 0 Å². The average Bonchev–Trinajstić information content (AvgIpc) is 2.21. The quantitative estimate of drug-likeness (QED) is 0.589. The fourth-order valence-electron chi connectivity index (χ4n) is 1.19. The van der Waals surface area contributed by atoms with Crippen molar-refractivity contribution in [3.63, 3.8) is 0 Å². The SMILES string of the molecule is CC.c1cc2c(cn1)CCCO2. The Morgan fingerprint density at radius 2 is 2.25 bits per heavy atom. The van der Waals surface area contributed by atoms with Crippen molar-refractivity contribution in [3.8, 4) is 5.75 Å². The number of hydrogen-bond acceptors (Lipinski definition) is 2. The third kappa shape index (κ3) is 1.97. The maximum atomic E-state index is 5.38. The van der Waals surface area contributed by atoms with Gasteiger partial charge in [0.2, 0.25) is 0 Å². The Hall–Kier alpha value is -1.05. The largest absolute Gasteiger partial charge is 0.493 e. The molecule has 0 aromatic carbocycles. The molecule has 1 aromatic heterocycles. The summed E-state index contributed by atoms with van der Waals surface area (Å²) in [5, 5.41) is 0. The van der Waals surface area contributed by atoms with Crippen molar-refractivity contribution in [1.82, 2.24) is 4.98 Å². The van der Waals surface area contributed by atoms with Crippen molar-refractivity contribution in [2.24, 2.45) is 0 Å². The summed E-state index contributed by atoms with van der Waals surface area (Å²) in [6, 6.07) is 1.93. The molecule has 2 heterocycles. The monoisotopic (exact) mass is 165 g/mol. The molecule has 1 aliphatic rings. The smallest absolute Gasteiger partial charge is 0.125 e. The van der Waals surface area contributed by atoms with Gasteiger partial charge in [-0.1, -0.05) is 13.8 Å². The highest BCUT2D eigenvalue weighted by Crippen LogP contribution is 2.21. The first kappa shape index (κ1) is 9.04. The minimum absolute atomic E-state index is 0.858. The number of pyridine rings is 1. The van der Waals surface area contributed by atoms with Crippen molar-refractivity contribution in [3.05, 3.63) is 24.0 Å². The molecular weight excluding hydrogens is 150 g/mol. The molecule has 0 radical (unpaired) electrons. The summed E-state index contributed by atoms with van der Waals surface area (Å²) in [7, 11) is 0. The van der Waals surface area contributed by atoms with Gasteiger partial charge in [0.1, 0.15) is 5.75 Å². The van der Waals surface area contributed by atoms with E-state index in [4.69, 9.17) is 4.74 Å². The van der Waals surface area contributed by atoms with Gasteiger partial charge in [-0.15, -0.1) is 0 Å². The first-order valence-electron chi connectivity index (χ1n) is 4.52. The van der Waals surface area contributed by atoms with E-state index in [2.05, 4.69) is 4.98 Å². The van der Waals surface area contributed by atoms with E-state index >= 15 is 0 Å². The van der Waals surface area contributed by atoms with Gasteiger partial charge in [0.25, 0.3) is 0 Å². The number of ether oxygens (including phenoxy) is 1. The number of aryl methyl sites for hydroxylation is 1. The van der Waals surface area contributed by atoms with Crippen LogP contribution in [0.5, 0.6) is 5.75 Å². The van der Waals surface area contributed by atoms with Gasteiger partial charge in [-0.25, -0.2) is 0 Å². The first-order valence-corrected chi connectivity index (χ1v) is 4.52. The molecule has 12 heavy (non-hydrogen) atoms. The molecule has 0 amide bonds. The second kappa shape index (κ2) is 4.75. The number of nitrogens with zero attached hydrogens (tertiary/aromatic N) is 1. The minimum atomic E-state index is 0.858. The molecule has 1 aromatic rings. The summed E-state index contributed by atoms with van der Waals surface area (Å²) in [5.41, 5.74) is 1.24. The van der Waals surface area contributed by atoms with E-state index in [0.29, 0.717) is 0 Å². The Labute approximate surface area is 73.6 Å². The fourth-order valence-corrected chi connectivity index (χ4v) is 1.19. The molecule has 0 saturated carbocycles. The summed E-state index contributed by atoms with van der Waals surface area (Å²) >= 11 is 0. The van der Waals surface area contributed by atoms with Crippen LogP contribution in [0, 0.1) is 0 Å². The highest BCUT2D eigenvalue weighted by atomic mass is 16.5. The fraction of sp³-hybridized carbons (Fsp3) is 0.500. The molecule has 2 rings (SSSR count). The third-order valence-corrected chi connectivity index (χ3v) is 1.71. The van der Waals surface area contributed by atoms with Crippen molar-refractivity contribution in [2.75, 3.05) is 6.61 Å². The number of fused-ring (bicyclic) bond motifs is 1. The lowest BCUT2D eigenvalue weighted by Crippen LogP contribution is -2.07. The van der Waals surface area contributed by atoms with Gasteiger partial charge in [-0.05, 0) is 18.9 Å². The molecular formula is C10H15NO. The van der Waals surface area contributed by atoms with Gasteiger partial charge in [0.15, 0.2) is 0 Å². The van der Waals surface area contributed by atoms with Crippen LogP contribution < -0.4 is 4.74 Å². The topological polar surface area (TPSA) is 22.1 Å². The molecule has 0 aliphatic carbocycles. The lowest BCUT2D eigenvalue weighted by atomic mass is 10.1. The summed E-state index contributed by atoms with van der Waals surface area (Å²) in [4.78, 5) is 4.02. The molecule has 2 heteroatoms. The second-order valence-corrected chi connectivity index (χ2v) is 2.44. The molecule has 0 spiro atoms. The first-order chi connectivity index (χ1) is 5.97. The maximum Gasteiger partial charge on any atom is 0.125 e. The highest BCUT2D eigenvalue weighted by molar-refractivity contribution is 5.31. The van der Waals surface area contributed by atoms with Crippen molar-refractivity contribution in [1.29, 1.82) is 0 Å². The maximum absolute atomic E-state index is 5.38. The Bertz CT molecular complexity index is 210. The van der Waals surface area contributed by atoms with Crippen LogP contribution in [0.2, 0.25) is 0 Å². The van der Waals surface area contributed by atoms with Gasteiger partial charge >= 0.3 is 0 Å². The zero-order valence-electron chi connectivity index (χ0n) is 7.71. The number of aromatic nitrogens is 1. The summed E-state index contributed by atoms with van der Waals surface area (Å²) < 4.78 is 5.38. The van der Waals surface area contributed by atoms with Crippen LogP contribution in [0.4, 0.5) is 0 Å². The predicted octanol–water partition coefficient (Wildman–Crippen LogP) is 2.43. The summed E-state index contributed by atoms with van der Waals surface area (Å²) in [6.07, 6.45) is 5.89. The standard InChI is InChI=1S/C8H9NO.C2H6/c1-2-7-6-9-4-3-8(7)10-5-1;1-2/h3-4,6H,1-2,5H2;1-2H3. The van der Waals surface area contributed by atoms with Crippen LogP contribution in [-0.2, 0) is 6.42 Å². The van der Waals surface area contributed by atoms with Gasteiger partial charge in [0.05, 0.1) is 6.61 Å². The van der Waals surface area contributed by atoms with Gasteiger partial charge in [0, 0.05) is 18.0 Å². The summed E-state index contributed by atoms with van der Waals surface area (Å²) in [5.74, 6) is 1.02. The predicted molar refractivity (Wildman–Crippen MR) is 49.4 cm³/mol. The Balaban J connectivity index is 0.000000336. The zero-order valence-corrected chi connectivity index (χ0v) is 7.71. The van der Waals surface area contributed by atoms with Gasteiger partial charge in [-0.3, -0.25) is 4.98 Å². The van der Waals surface area contributed by atoms with E-state index in [1.165, 1.54) is 5.56 Å². The van der Waals surface area contributed by atoms with Crippen LogP contribution in [0.25, 0.3) is 0 Å². The highest BCUT2D eigenvalue weighted by Gasteiger charge is 2.07. The molecule has 0 unspecified atom stereocenters. The van der Waals surface area contributed by atoms with Crippen LogP contribution >= 0.6 is 0 Å². The van der Waals surface area contributed by atoms with E-state index in [9.17, 15) is 0 Å². The summed E-state index contributed by atoms with van der Waals surface area (Å²) in [6.45, 7) is 4.86. The average molecular weight is 165 g/mol. The molecule has 0 atom stereocenters. The van der Waals surface area contributed by atoms with E-state index in [0.717, 1.165) is 25.2 Å². The van der Waals surface area contributed by atoms with Crippen LogP contribution in [0.15, 0.2) is 18.5 Å². The molecule has 0 N–H and O–H groups in total. The normalized spacial score (nSPS) is 13.5.